The van der Waals surface area contributed by atoms with Crippen LogP contribution in [0.25, 0.3) is 17.1 Å². The van der Waals surface area contributed by atoms with Crippen molar-refractivity contribution >= 4 is 28.8 Å². The third-order valence-corrected chi connectivity index (χ3v) is 7.89. The fourth-order valence-corrected chi connectivity index (χ4v) is 5.61. The van der Waals surface area contributed by atoms with E-state index in [1.54, 1.807) is 12.3 Å². The third-order valence-electron chi connectivity index (χ3n) is 6.38. The normalized spacial score (nSPS) is 14.2. The average molecular weight is 588 g/mol. The number of thiazole rings is 1. The fourth-order valence-electron chi connectivity index (χ4n) is 4.54. The molecule has 5 heterocycles. The standard InChI is InChI=1S/C28H26ClF2N5O3S/c1-15(37)35-28(2,3)27-34-22(14-40-27)20-10-23-16(11-32-20)6-4-5-7-18-9-24(25(29)26(38)36(18)23)39-13-21-19(31)8-17(30)12-33-21/h8-12,14H,4-7,13H2,1-3H3,(H,35,37)/i13D2. The number of nitrogens with one attached hydrogen (secondary N) is 1. The zero-order valence-corrected chi connectivity index (χ0v) is 23.4. The highest BCUT2D eigenvalue weighted by molar-refractivity contribution is 7.10. The molecule has 1 N–H and O–H groups in total. The Hall–Kier alpha value is -3.70. The predicted octanol–water partition coefficient (Wildman–Crippen LogP) is 5.51. The lowest BCUT2D eigenvalue weighted by molar-refractivity contribution is -0.120. The first-order valence-electron chi connectivity index (χ1n) is 13.5. The summed E-state index contributed by atoms with van der Waals surface area (Å²) in [6.45, 7) is 2.29. The van der Waals surface area contributed by atoms with E-state index >= 15 is 0 Å². The van der Waals surface area contributed by atoms with Crippen molar-refractivity contribution in [2.45, 2.75) is 58.6 Å². The van der Waals surface area contributed by atoms with Gasteiger partial charge < -0.3 is 10.1 Å². The van der Waals surface area contributed by atoms with Gasteiger partial charge in [-0.25, -0.2) is 13.8 Å². The number of hydrogen-bond donors (Lipinski definition) is 1. The van der Waals surface area contributed by atoms with E-state index in [1.165, 1.54) is 28.9 Å². The molecule has 8 nitrogen and oxygen atoms in total. The summed E-state index contributed by atoms with van der Waals surface area (Å²) in [5.41, 5.74) is 0.831. The zero-order chi connectivity index (χ0) is 30.4. The van der Waals surface area contributed by atoms with E-state index in [4.69, 9.17) is 24.1 Å². The average Bonchev–Trinajstić information content (AvgIpc) is 3.39. The Morgan fingerprint density at radius 1 is 1.20 bits per heavy atom. The first-order valence-corrected chi connectivity index (χ1v) is 13.7. The molecule has 40 heavy (non-hydrogen) atoms. The monoisotopic (exact) mass is 587 g/mol. The van der Waals surface area contributed by atoms with Gasteiger partial charge in [-0.15, -0.1) is 11.3 Å². The van der Waals surface area contributed by atoms with Gasteiger partial charge in [0.25, 0.3) is 5.56 Å². The van der Waals surface area contributed by atoms with Gasteiger partial charge in [-0.3, -0.25) is 24.1 Å². The fraction of sp³-hybridized carbons (Fsp3) is 0.321. The number of aryl methyl sites for hydroxylation is 2. The van der Waals surface area contributed by atoms with E-state index in [2.05, 4.69) is 15.3 Å². The minimum absolute atomic E-state index is 0.181. The maximum Gasteiger partial charge on any atom is 0.277 e. The van der Waals surface area contributed by atoms with Gasteiger partial charge in [-0.2, -0.15) is 0 Å². The number of pyridine rings is 3. The van der Waals surface area contributed by atoms with Crippen molar-refractivity contribution in [2.75, 3.05) is 0 Å². The summed E-state index contributed by atoms with van der Waals surface area (Å²) in [5, 5.41) is 4.98. The molecule has 0 fully saturated rings. The minimum atomic E-state index is -2.85. The summed E-state index contributed by atoms with van der Waals surface area (Å²) in [6, 6.07) is 3.70. The second kappa shape index (κ2) is 11.1. The van der Waals surface area contributed by atoms with Crippen molar-refractivity contribution in [2.24, 2.45) is 0 Å². The highest BCUT2D eigenvalue weighted by Crippen LogP contribution is 2.32. The number of ether oxygens (including phenoxy) is 1. The molecule has 0 aliphatic carbocycles. The van der Waals surface area contributed by atoms with Crippen LogP contribution in [0.3, 0.4) is 0 Å². The summed E-state index contributed by atoms with van der Waals surface area (Å²) >= 11 is 7.82. The number of amides is 1. The van der Waals surface area contributed by atoms with Crippen LogP contribution in [-0.4, -0.2) is 25.4 Å². The Balaban J connectivity index is 1.57. The number of aromatic nitrogens is 4. The number of carbonyl (C=O) groups excluding carboxylic acids is 1. The van der Waals surface area contributed by atoms with Gasteiger partial charge in [-0.1, -0.05) is 11.6 Å². The molecule has 1 amide bonds. The largest absolute Gasteiger partial charge is 0.485 e. The molecule has 208 valence electrons. The summed E-state index contributed by atoms with van der Waals surface area (Å²) in [5.74, 6) is -2.68. The lowest BCUT2D eigenvalue weighted by Gasteiger charge is -2.22. The third kappa shape index (κ3) is 5.62. The van der Waals surface area contributed by atoms with Gasteiger partial charge in [0.15, 0.2) is 5.82 Å². The van der Waals surface area contributed by atoms with Crippen molar-refractivity contribution in [1.29, 1.82) is 0 Å². The van der Waals surface area contributed by atoms with E-state index in [0.29, 0.717) is 52.9 Å². The zero-order valence-electron chi connectivity index (χ0n) is 23.8. The van der Waals surface area contributed by atoms with Crippen LogP contribution in [0.2, 0.25) is 5.02 Å². The molecule has 0 aromatic carbocycles. The molecule has 4 aromatic heterocycles. The van der Waals surface area contributed by atoms with Gasteiger partial charge in [0.1, 0.15) is 39.5 Å². The van der Waals surface area contributed by atoms with Crippen LogP contribution >= 0.6 is 22.9 Å². The molecular weight excluding hydrogens is 560 g/mol. The molecule has 1 aliphatic rings. The molecule has 0 bridgehead atoms. The molecule has 1 aliphatic heterocycles. The van der Waals surface area contributed by atoms with Crippen LogP contribution in [-0.2, 0) is 29.7 Å². The smallest absolute Gasteiger partial charge is 0.277 e. The summed E-state index contributed by atoms with van der Waals surface area (Å²) in [6.07, 6.45) is 5.02. The maximum absolute atomic E-state index is 14.3. The molecule has 12 heteroatoms. The van der Waals surface area contributed by atoms with Crippen LogP contribution in [0.5, 0.6) is 5.75 Å². The van der Waals surface area contributed by atoms with Gasteiger partial charge in [0.2, 0.25) is 5.91 Å². The Labute approximate surface area is 240 Å². The van der Waals surface area contributed by atoms with Crippen LogP contribution in [0.15, 0.2) is 40.8 Å². The highest BCUT2D eigenvalue weighted by atomic mass is 35.5. The number of nitrogens with zero attached hydrogens (tertiary/aromatic N) is 4. The second-order valence-electron chi connectivity index (χ2n) is 9.89. The topological polar surface area (TPSA) is 99.0 Å². The summed E-state index contributed by atoms with van der Waals surface area (Å²) in [4.78, 5) is 38.1. The molecule has 0 atom stereocenters. The van der Waals surface area contributed by atoms with Crippen LogP contribution in [0, 0.1) is 11.6 Å². The van der Waals surface area contributed by atoms with Crippen LogP contribution in [0.4, 0.5) is 8.78 Å². The number of rotatable bonds is 6. The molecule has 0 saturated carbocycles. The van der Waals surface area contributed by atoms with Crippen molar-refractivity contribution in [1.82, 2.24) is 24.8 Å². The molecule has 0 saturated heterocycles. The van der Waals surface area contributed by atoms with E-state index in [-0.39, 0.29) is 11.7 Å². The van der Waals surface area contributed by atoms with Crippen molar-refractivity contribution in [3.63, 3.8) is 0 Å². The lowest BCUT2D eigenvalue weighted by atomic mass is 10.0. The number of halogens is 3. The molecule has 0 spiro atoms. The van der Waals surface area contributed by atoms with E-state index in [0.717, 1.165) is 18.4 Å². The molecule has 5 rings (SSSR count). The van der Waals surface area contributed by atoms with Gasteiger partial charge >= 0.3 is 0 Å². The van der Waals surface area contributed by atoms with Crippen LogP contribution < -0.4 is 15.6 Å². The Bertz CT molecular complexity index is 1760. The molecule has 0 radical (unpaired) electrons. The number of fused-ring (bicyclic) bond motifs is 3. The number of hydrogen-bond acceptors (Lipinski definition) is 7. The van der Waals surface area contributed by atoms with E-state index in [1.807, 2.05) is 19.2 Å². The molecular formula is C28H26ClF2N5O3S. The van der Waals surface area contributed by atoms with Crippen molar-refractivity contribution in [3.05, 3.63) is 84.9 Å². The lowest BCUT2D eigenvalue weighted by Crippen LogP contribution is -2.39. The molecule has 4 aromatic rings. The van der Waals surface area contributed by atoms with E-state index in [9.17, 15) is 18.4 Å². The molecule has 0 unspecified atom stereocenters. The quantitative estimate of drug-likeness (QED) is 0.319. The summed E-state index contributed by atoms with van der Waals surface area (Å²) < 4.78 is 51.0. The first kappa shape index (κ1) is 25.3. The number of carbonyl (C=O) groups is 1. The van der Waals surface area contributed by atoms with Gasteiger partial charge in [0.05, 0.1) is 25.9 Å². The van der Waals surface area contributed by atoms with E-state index < -0.39 is 40.0 Å². The highest BCUT2D eigenvalue weighted by Gasteiger charge is 2.26. The van der Waals surface area contributed by atoms with Gasteiger partial charge in [-0.05, 0) is 51.2 Å². The van der Waals surface area contributed by atoms with Gasteiger partial charge in [0, 0.05) is 36.3 Å². The Morgan fingerprint density at radius 2 is 1.98 bits per heavy atom. The SMILES string of the molecule is [2H]C([2H])(Oc1cc2n(c(=O)c1Cl)-c1cc(-c3csc(C(C)(C)NC(C)=O)n3)ncc1CCCC2)c1ncc(F)cc1F. The predicted molar refractivity (Wildman–Crippen MR) is 148 cm³/mol. The van der Waals surface area contributed by atoms with Crippen molar-refractivity contribution < 1.29 is 21.1 Å². The first-order chi connectivity index (χ1) is 19.8. The van der Waals surface area contributed by atoms with Crippen molar-refractivity contribution in [3.8, 4) is 22.8 Å². The second-order valence-corrected chi connectivity index (χ2v) is 11.1. The van der Waals surface area contributed by atoms with Crippen LogP contribution in [0.1, 0.15) is 58.3 Å². The Morgan fingerprint density at radius 3 is 2.73 bits per heavy atom. The summed E-state index contributed by atoms with van der Waals surface area (Å²) in [7, 11) is 0. The Kier molecular flexibility index (Phi) is 6.98. The minimum Gasteiger partial charge on any atom is -0.485 e. The maximum atomic E-state index is 14.3.